The number of rotatable bonds is 14. The van der Waals surface area contributed by atoms with Crippen molar-refractivity contribution in [3.63, 3.8) is 0 Å². The fourth-order valence-electron chi connectivity index (χ4n) is 4.03. The second-order valence-electron chi connectivity index (χ2n) is 9.69. The van der Waals surface area contributed by atoms with Gasteiger partial charge in [-0.15, -0.1) is 0 Å². The van der Waals surface area contributed by atoms with Gasteiger partial charge in [-0.1, -0.05) is 43.3 Å². The predicted octanol–water partition coefficient (Wildman–Crippen LogP) is 7.33. The number of ketones is 2. The molecule has 0 amide bonds. The minimum atomic E-state index is -0.405. The Morgan fingerprint density at radius 2 is 1.11 bits per heavy atom. The summed E-state index contributed by atoms with van der Waals surface area (Å²) in [5, 5.41) is 0. The molecule has 194 valence electrons. The number of carbonyl (C=O) groups excluding carboxylic acids is 2. The van der Waals surface area contributed by atoms with E-state index in [0.29, 0.717) is 60.7 Å². The predicted molar refractivity (Wildman–Crippen MR) is 147 cm³/mol. The highest BCUT2D eigenvalue weighted by Gasteiger charge is 2.28. The maximum absolute atomic E-state index is 12.9. The second kappa shape index (κ2) is 12.9. The van der Waals surface area contributed by atoms with Crippen molar-refractivity contribution in [2.45, 2.75) is 39.5 Å². The molecule has 37 heavy (non-hydrogen) atoms. The summed E-state index contributed by atoms with van der Waals surface area (Å²) < 4.78 is 16.5. The number of hydrogen-bond donors (Lipinski definition) is 0. The van der Waals surface area contributed by atoms with Crippen LogP contribution in [0, 0.1) is 12.3 Å². The minimum absolute atomic E-state index is 0.0488. The van der Waals surface area contributed by atoms with Gasteiger partial charge in [0.25, 0.3) is 0 Å². The Morgan fingerprint density at radius 3 is 1.51 bits per heavy atom. The van der Waals surface area contributed by atoms with Crippen molar-refractivity contribution >= 4 is 17.3 Å². The Balaban J connectivity index is 1.68. The van der Waals surface area contributed by atoms with Crippen molar-refractivity contribution in [2.75, 3.05) is 20.8 Å². The molecule has 0 aliphatic rings. The summed E-state index contributed by atoms with van der Waals surface area (Å²) in [7, 11) is 3.19. The van der Waals surface area contributed by atoms with E-state index in [-0.39, 0.29) is 11.6 Å². The van der Waals surface area contributed by atoms with Crippen LogP contribution < -0.4 is 9.47 Å². The maximum atomic E-state index is 12.9. The van der Waals surface area contributed by atoms with Gasteiger partial charge in [-0.2, -0.15) is 0 Å². The highest BCUT2D eigenvalue weighted by Crippen LogP contribution is 2.33. The van der Waals surface area contributed by atoms with E-state index in [1.165, 1.54) is 0 Å². The third-order valence-electron chi connectivity index (χ3n) is 6.70. The van der Waals surface area contributed by atoms with Crippen molar-refractivity contribution in [3.05, 3.63) is 102 Å². The van der Waals surface area contributed by atoms with Gasteiger partial charge < -0.3 is 14.2 Å². The van der Waals surface area contributed by atoms with E-state index in [0.717, 1.165) is 11.1 Å². The summed E-state index contributed by atoms with van der Waals surface area (Å²) >= 11 is 0. The molecule has 5 heteroatoms. The molecular formula is C32H36O5. The van der Waals surface area contributed by atoms with Gasteiger partial charge in [0.1, 0.15) is 17.3 Å². The number of carbonyl (C=O) groups is 2. The number of benzene rings is 3. The van der Waals surface area contributed by atoms with E-state index in [4.69, 9.17) is 14.2 Å². The molecule has 3 aromatic carbocycles. The number of methoxy groups -OCH3 is 2. The fraction of sp³-hybridized carbons (Fsp3) is 0.312. The molecule has 0 N–H and O–H groups in total. The van der Waals surface area contributed by atoms with Gasteiger partial charge in [0.15, 0.2) is 11.6 Å². The van der Waals surface area contributed by atoms with Crippen LogP contribution in [0.5, 0.6) is 11.5 Å². The third-order valence-corrected chi connectivity index (χ3v) is 6.70. The van der Waals surface area contributed by atoms with Crippen LogP contribution >= 0.6 is 0 Å². The van der Waals surface area contributed by atoms with Gasteiger partial charge in [0.05, 0.1) is 20.8 Å². The average Bonchev–Trinajstić information content (AvgIpc) is 2.94. The molecule has 0 aliphatic heterocycles. The summed E-state index contributed by atoms with van der Waals surface area (Å²) in [4.78, 5) is 25.8. The van der Waals surface area contributed by atoms with Crippen LogP contribution in [0.4, 0.5) is 0 Å². The van der Waals surface area contributed by atoms with E-state index in [2.05, 4.69) is 13.5 Å². The Morgan fingerprint density at radius 1 is 0.703 bits per heavy atom. The van der Waals surface area contributed by atoms with Crippen molar-refractivity contribution in [2.24, 2.45) is 5.41 Å². The second-order valence-corrected chi connectivity index (χ2v) is 9.69. The SMILES string of the molecule is C=C(OCC(C)(CCC(=O)c1ccc(OC)cc1)CCC(=O)c1ccc(OC)cc1)c1ccc(C)cc1. The van der Waals surface area contributed by atoms with E-state index in [9.17, 15) is 9.59 Å². The van der Waals surface area contributed by atoms with Crippen molar-refractivity contribution < 1.29 is 23.8 Å². The van der Waals surface area contributed by atoms with Gasteiger partial charge in [-0.3, -0.25) is 9.59 Å². The zero-order chi connectivity index (χ0) is 26.8. The number of Topliss-reactive ketones (excluding diaryl/α,β-unsaturated/α-hetero) is 2. The standard InChI is InChI=1S/C32H36O5/c1-23-6-8-25(9-7-23)24(2)37-22-32(3,20-18-30(33)26-10-14-28(35-4)15-11-26)21-19-31(34)27-12-16-29(36-5)17-13-27/h6-17H,2,18-22H2,1,3-5H3. The zero-order valence-electron chi connectivity index (χ0n) is 22.2. The minimum Gasteiger partial charge on any atom is -0.497 e. The molecule has 0 radical (unpaired) electrons. The van der Waals surface area contributed by atoms with Crippen molar-refractivity contribution in [1.29, 1.82) is 0 Å². The molecular weight excluding hydrogens is 464 g/mol. The molecule has 0 unspecified atom stereocenters. The Hall–Kier alpha value is -3.86. The van der Waals surface area contributed by atoms with E-state index in [1.54, 1.807) is 62.8 Å². The quantitative estimate of drug-likeness (QED) is 0.171. The largest absolute Gasteiger partial charge is 0.497 e. The lowest BCUT2D eigenvalue weighted by molar-refractivity contribution is 0.0841. The van der Waals surface area contributed by atoms with Crippen LogP contribution in [0.2, 0.25) is 0 Å². The molecule has 5 nitrogen and oxygen atoms in total. The summed E-state index contributed by atoms with van der Waals surface area (Å²) in [5.74, 6) is 2.09. The molecule has 0 bridgehead atoms. The number of aryl methyl sites for hydroxylation is 1. The van der Waals surface area contributed by atoms with Crippen LogP contribution in [0.1, 0.15) is 64.4 Å². The molecule has 0 heterocycles. The lowest BCUT2D eigenvalue weighted by Gasteiger charge is -2.30. The molecule has 0 saturated heterocycles. The Bertz CT molecular complexity index is 1130. The molecule has 3 aromatic rings. The molecule has 0 atom stereocenters. The lowest BCUT2D eigenvalue weighted by Crippen LogP contribution is -2.25. The van der Waals surface area contributed by atoms with Crippen molar-refractivity contribution in [3.8, 4) is 11.5 Å². The normalized spacial score (nSPS) is 11.0. The first-order chi connectivity index (χ1) is 17.7. The number of hydrogen-bond acceptors (Lipinski definition) is 5. The van der Waals surface area contributed by atoms with E-state index >= 15 is 0 Å². The zero-order valence-corrected chi connectivity index (χ0v) is 22.2. The van der Waals surface area contributed by atoms with Crippen LogP contribution in [0.3, 0.4) is 0 Å². The van der Waals surface area contributed by atoms with Gasteiger partial charge >= 0.3 is 0 Å². The highest BCUT2D eigenvalue weighted by atomic mass is 16.5. The molecule has 0 saturated carbocycles. The van der Waals surface area contributed by atoms with Crippen LogP contribution in [-0.4, -0.2) is 32.4 Å². The smallest absolute Gasteiger partial charge is 0.162 e. The molecule has 0 aromatic heterocycles. The summed E-state index contributed by atoms with van der Waals surface area (Å²) in [6.45, 7) is 8.55. The van der Waals surface area contributed by atoms with Crippen LogP contribution in [-0.2, 0) is 4.74 Å². The first-order valence-electron chi connectivity index (χ1n) is 12.5. The maximum Gasteiger partial charge on any atom is 0.162 e. The van der Waals surface area contributed by atoms with Crippen LogP contribution in [0.15, 0.2) is 79.4 Å². The van der Waals surface area contributed by atoms with Crippen molar-refractivity contribution in [1.82, 2.24) is 0 Å². The fourth-order valence-corrected chi connectivity index (χ4v) is 4.03. The third kappa shape index (κ3) is 8.07. The Labute approximate surface area is 220 Å². The summed E-state index contributed by atoms with van der Waals surface area (Å²) in [6, 6.07) is 22.3. The summed E-state index contributed by atoms with van der Waals surface area (Å²) in [5.41, 5.74) is 2.95. The topological polar surface area (TPSA) is 61.8 Å². The van der Waals surface area contributed by atoms with E-state index in [1.807, 2.05) is 31.2 Å². The Kier molecular flexibility index (Phi) is 9.67. The first-order valence-corrected chi connectivity index (χ1v) is 12.5. The van der Waals surface area contributed by atoms with Gasteiger partial charge in [0, 0.05) is 34.9 Å². The van der Waals surface area contributed by atoms with Gasteiger partial charge in [0.2, 0.25) is 0 Å². The highest BCUT2D eigenvalue weighted by molar-refractivity contribution is 5.96. The average molecular weight is 501 g/mol. The van der Waals surface area contributed by atoms with Crippen LogP contribution in [0.25, 0.3) is 5.76 Å². The number of ether oxygens (including phenoxy) is 3. The molecule has 3 rings (SSSR count). The van der Waals surface area contributed by atoms with E-state index < -0.39 is 5.41 Å². The summed E-state index contributed by atoms with van der Waals surface area (Å²) in [6.07, 6.45) is 1.85. The van der Waals surface area contributed by atoms with Gasteiger partial charge in [-0.25, -0.2) is 0 Å². The molecule has 0 aliphatic carbocycles. The molecule has 0 fully saturated rings. The van der Waals surface area contributed by atoms with Gasteiger partial charge in [-0.05, 0) is 68.3 Å². The lowest BCUT2D eigenvalue weighted by atomic mass is 9.79. The molecule has 0 spiro atoms. The monoisotopic (exact) mass is 500 g/mol. The first kappa shape index (κ1) is 27.7.